The van der Waals surface area contributed by atoms with E-state index in [0.717, 1.165) is 37.2 Å². The molecule has 2 unspecified atom stereocenters. The average Bonchev–Trinajstić information content (AvgIpc) is 2.61. The van der Waals surface area contributed by atoms with Gasteiger partial charge in [-0.3, -0.25) is 14.9 Å². The molecule has 130 valence electrons. The minimum Gasteiger partial charge on any atom is -0.388 e. The van der Waals surface area contributed by atoms with Gasteiger partial charge in [0.05, 0.1) is 5.92 Å². The van der Waals surface area contributed by atoms with Crippen LogP contribution >= 0.6 is 0 Å². The molecule has 2 aliphatic heterocycles. The van der Waals surface area contributed by atoms with Gasteiger partial charge in [0.2, 0.25) is 11.8 Å². The molecule has 6 heteroatoms. The highest BCUT2D eigenvalue weighted by atomic mass is 16.2. The summed E-state index contributed by atoms with van der Waals surface area (Å²) in [5.74, 6) is -0.263. The molecule has 0 radical (unpaired) electrons. The van der Waals surface area contributed by atoms with Crippen LogP contribution in [0.2, 0.25) is 0 Å². The lowest BCUT2D eigenvalue weighted by Gasteiger charge is -2.29. The fourth-order valence-corrected chi connectivity index (χ4v) is 3.76. The van der Waals surface area contributed by atoms with Gasteiger partial charge in [0.25, 0.3) is 0 Å². The molecule has 0 aromatic heterocycles. The molecule has 0 bridgehead atoms. The lowest BCUT2D eigenvalue weighted by atomic mass is 9.84. The van der Waals surface area contributed by atoms with Gasteiger partial charge in [-0.2, -0.15) is 0 Å². The van der Waals surface area contributed by atoms with Gasteiger partial charge >= 0.3 is 0 Å². The minimum absolute atomic E-state index is 0.210. The molecule has 3 rings (SSSR count). The third-order valence-electron chi connectivity index (χ3n) is 5.23. The van der Waals surface area contributed by atoms with Gasteiger partial charge in [-0.15, -0.1) is 0 Å². The molecule has 2 fully saturated rings. The summed E-state index contributed by atoms with van der Waals surface area (Å²) in [5.41, 5.74) is 9.62. The standard InChI is InChI=1S/C18H26N4O2/c1-20-15-10-12(11-6-8-21-9-7-11)2-3-13(15)17(19)14-4-5-16(23)22-18(14)24/h2-3,10-11,14,17,20-21H,4-9,19H2,1H3,(H,22,23,24). The Morgan fingerprint density at radius 1 is 1.21 bits per heavy atom. The molecule has 1 aromatic carbocycles. The van der Waals surface area contributed by atoms with Crippen molar-refractivity contribution in [2.45, 2.75) is 37.6 Å². The quantitative estimate of drug-likeness (QED) is 0.623. The van der Waals surface area contributed by atoms with Crippen molar-refractivity contribution in [1.82, 2.24) is 10.6 Å². The summed E-state index contributed by atoms with van der Waals surface area (Å²) in [6.45, 7) is 2.11. The number of nitrogens with two attached hydrogens (primary N) is 1. The summed E-state index contributed by atoms with van der Waals surface area (Å²) in [7, 11) is 1.88. The Labute approximate surface area is 142 Å². The smallest absolute Gasteiger partial charge is 0.231 e. The first-order valence-corrected chi connectivity index (χ1v) is 8.71. The lowest BCUT2D eigenvalue weighted by molar-refractivity contribution is -0.136. The summed E-state index contributed by atoms with van der Waals surface area (Å²) in [6, 6.07) is 5.93. The summed E-state index contributed by atoms with van der Waals surface area (Å²) in [5, 5.41) is 9.01. The van der Waals surface area contributed by atoms with Crippen LogP contribution in [0.25, 0.3) is 0 Å². The van der Waals surface area contributed by atoms with Crippen molar-refractivity contribution >= 4 is 17.5 Å². The summed E-state index contributed by atoms with van der Waals surface area (Å²) in [6.07, 6.45) is 3.14. The van der Waals surface area contributed by atoms with Crippen LogP contribution in [0.3, 0.4) is 0 Å². The van der Waals surface area contributed by atoms with E-state index in [1.807, 2.05) is 13.1 Å². The van der Waals surface area contributed by atoms with Crippen molar-refractivity contribution in [2.24, 2.45) is 11.7 Å². The van der Waals surface area contributed by atoms with Crippen molar-refractivity contribution in [3.8, 4) is 0 Å². The molecule has 1 aromatic rings. The Kier molecular flexibility index (Phi) is 5.16. The number of carbonyl (C=O) groups excluding carboxylic acids is 2. The zero-order valence-electron chi connectivity index (χ0n) is 14.1. The fraction of sp³-hybridized carbons (Fsp3) is 0.556. The molecule has 24 heavy (non-hydrogen) atoms. The second kappa shape index (κ2) is 7.32. The van der Waals surface area contributed by atoms with Crippen LogP contribution in [0, 0.1) is 5.92 Å². The molecule has 2 atom stereocenters. The largest absolute Gasteiger partial charge is 0.388 e. The Bertz CT molecular complexity index is 625. The number of imide groups is 1. The van der Waals surface area contributed by atoms with Gasteiger partial charge in [-0.25, -0.2) is 0 Å². The Balaban J connectivity index is 1.81. The second-order valence-corrected chi connectivity index (χ2v) is 6.70. The van der Waals surface area contributed by atoms with E-state index in [0.29, 0.717) is 18.8 Å². The molecule has 2 aliphatic rings. The molecule has 0 spiro atoms. The van der Waals surface area contributed by atoms with Gasteiger partial charge < -0.3 is 16.4 Å². The molecular formula is C18H26N4O2. The fourth-order valence-electron chi connectivity index (χ4n) is 3.76. The number of hydrogen-bond acceptors (Lipinski definition) is 5. The van der Waals surface area contributed by atoms with E-state index < -0.39 is 6.04 Å². The van der Waals surface area contributed by atoms with Crippen LogP contribution < -0.4 is 21.7 Å². The molecular weight excluding hydrogens is 304 g/mol. The van der Waals surface area contributed by atoms with Crippen molar-refractivity contribution in [2.75, 3.05) is 25.5 Å². The zero-order chi connectivity index (χ0) is 17.1. The van der Waals surface area contributed by atoms with Crippen molar-refractivity contribution in [3.05, 3.63) is 29.3 Å². The average molecular weight is 330 g/mol. The van der Waals surface area contributed by atoms with Crippen LogP contribution in [0.5, 0.6) is 0 Å². The molecule has 2 saturated heterocycles. The molecule has 0 saturated carbocycles. The second-order valence-electron chi connectivity index (χ2n) is 6.70. The van der Waals surface area contributed by atoms with Gasteiger partial charge in [0, 0.05) is 25.2 Å². The van der Waals surface area contributed by atoms with E-state index in [9.17, 15) is 9.59 Å². The van der Waals surface area contributed by atoms with Crippen LogP contribution in [-0.2, 0) is 9.59 Å². The predicted molar refractivity (Wildman–Crippen MR) is 93.6 cm³/mol. The maximum Gasteiger partial charge on any atom is 0.231 e. The Morgan fingerprint density at radius 3 is 2.62 bits per heavy atom. The van der Waals surface area contributed by atoms with E-state index in [4.69, 9.17) is 5.73 Å². The van der Waals surface area contributed by atoms with Gasteiger partial charge in [0.1, 0.15) is 0 Å². The van der Waals surface area contributed by atoms with Crippen LogP contribution in [0.15, 0.2) is 18.2 Å². The number of nitrogens with one attached hydrogen (secondary N) is 3. The third kappa shape index (κ3) is 3.44. The topological polar surface area (TPSA) is 96.2 Å². The number of piperidine rings is 2. The third-order valence-corrected chi connectivity index (χ3v) is 5.23. The van der Waals surface area contributed by atoms with Gasteiger partial charge in [-0.05, 0) is 55.5 Å². The number of anilines is 1. The monoisotopic (exact) mass is 330 g/mol. The summed E-state index contributed by atoms with van der Waals surface area (Å²) < 4.78 is 0. The van der Waals surface area contributed by atoms with Crippen molar-refractivity contribution < 1.29 is 9.59 Å². The zero-order valence-corrected chi connectivity index (χ0v) is 14.1. The summed E-state index contributed by atoms with van der Waals surface area (Å²) >= 11 is 0. The molecule has 0 aliphatic carbocycles. The van der Waals surface area contributed by atoms with Gasteiger partial charge in [0.15, 0.2) is 0 Å². The highest BCUT2D eigenvalue weighted by Crippen LogP contribution is 2.34. The lowest BCUT2D eigenvalue weighted by Crippen LogP contribution is -2.44. The number of benzene rings is 1. The van der Waals surface area contributed by atoms with Crippen LogP contribution in [0.4, 0.5) is 5.69 Å². The van der Waals surface area contributed by atoms with Crippen molar-refractivity contribution in [3.63, 3.8) is 0 Å². The molecule has 2 amide bonds. The van der Waals surface area contributed by atoms with E-state index in [-0.39, 0.29) is 17.7 Å². The number of amides is 2. The molecule has 2 heterocycles. The van der Waals surface area contributed by atoms with Crippen LogP contribution in [-0.4, -0.2) is 32.0 Å². The molecule has 6 nitrogen and oxygen atoms in total. The highest BCUT2D eigenvalue weighted by Gasteiger charge is 2.33. The maximum atomic E-state index is 12.1. The molecule has 5 N–H and O–H groups in total. The Morgan fingerprint density at radius 2 is 1.96 bits per heavy atom. The first-order chi connectivity index (χ1) is 11.6. The van der Waals surface area contributed by atoms with Crippen molar-refractivity contribution in [1.29, 1.82) is 0 Å². The SMILES string of the molecule is CNc1cc(C2CCNCC2)ccc1C(N)C1CCC(=O)NC1=O. The summed E-state index contributed by atoms with van der Waals surface area (Å²) in [4.78, 5) is 23.4. The van der Waals surface area contributed by atoms with Crippen LogP contribution in [0.1, 0.15) is 48.8 Å². The Hall–Kier alpha value is -1.92. The van der Waals surface area contributed by atoms with E-state index >= 15 is 0 Å². The first-order valence-electron chi connectivity index (χ1n) is 8.71. The van der Waals surface area contributed by atoms with Gasteiger partial charge in [-0.1, -0.05) is 12.1 Å². The highest BCUT2D eigenvalue weighted by molar-refractivity contribution is 5.99. The number of rotatable bonds is 4. The predicted octanol–water partition coefficient (Wildman–Crippen LogP) is 1.25. The van der Waals surface area contributed by atoms with E-state index in [2.05, 4.69) is 28.1 Å². The maximum absolute atomic E-state index is 12.1. The number of carbonyl (C=O) groups is 2. The van der Waals surface area contributed by atoms with E-state index in [1.165, 1.54) is 5.56 Å². The first kappa shape index (κ1) is 16.9. The number of hydrogen-bond donors (Lipinski definition) is 4. The van der Waals surface area contributed by atoms with E-state index in [1.54, 1.807) is 0 Å². The normalized spacial score (nSPS) is 23.7. The minimum atomic E-state index is -0.414.